The van der Waals surface area contributed by atoms with Crippen molar-refractivity contribution in [1.82, 2.24) is 14.8 Å². The maximum atomic E-state index is 11.4. The Labute approximate surface area is 103 Å². The lowest BCUT2D eigenvalue weighted by Gasteiger charge is -2.17. The Morgan fingerprint density at radius 1 is 1.28 bits per heavy atom. The molecule has 0 spiro atoms. The maximum Gasteiger partial charge on any atom is 0.296 e. The molecule has 0 amide bonds. The third kappa shape index (κ3) is 1.77. The molecule has 0 saturated carbocycles. The van der Waals surface area contributed by atoms with E-state index in [4.69, 9.17) is 0 Å². The van der Waals surface area contributed by atoms with E-state index in [1.54, 1.807) is 11.6 Å². The largest absolute Gasteiger partial charge is 0.296 e. The standard InChI is InChI=1S/C12H11N5O/c1-8-11(18)13-12-15-14-10(7-17(12)16-8)9-5-3-2-4-6-9/h2-6H,7H2,1H3,(H,13,15,18). The Bertz CT molecular complexity index is 675. The van der Waals surface area contributed by atoms with E-state index in [1.165, 1.54) is 0 Å². The van der Waals surface area contributed by atoms with Crippen LogP contribution in [-0.4, -0.2) is 20.5 Å². The zero-order valence-electron chi connectivity index (χ0n) is 9.79. The van der Waals surface area contributed by atoms with Crippen LogP contribution < -0.4 is 11.0 Å². The van der Waals surface area contributed by atoms with Crippen molar-refractivity contribution in [2.75, 3.05) is 5.43 Å². The number of rotatable bonds is 1. The van der Waals surface area contributed by atoms with Crippen LogP contribution in [0.15, 0.2) is 40.2 Å². The molecule has 1 aromatic heterocycles. The van der Waals surface area contributed by atoms with Crippen LogP contribution >= 0.6 is 0 Å². The predicted molar refractivity (Wildman–Crippen MR) is 67.6 cm³/mol. The first-order chi connectivity index (χ1) is 8.74. The van der Waals surface area contributed by atoms with Crippen molar-refractivity contribution in [3.8, 4) is 0 Å². The van der Waals surface area contributed by atoms with Gasteiger partial charge in [0.2, 0.25) is 5.95 Å². The molecule has 2 heterocycles. The van der Waals surface area contributed by atoms with Crippen molar-refractivity contribution in [3.05, 3.63) is 51.9 Å². The summed E-state index contributed by atoms with van der Waals surface area (Å²) in [5, 5.41) is 8.40. The highest BCUT2D eigenvalue weighted by atomic mass is 16.1. The lowest BCUT2D eigenvalue weighted by Crippen LogP contribution is -2.29. The lowest BCUT2D eigenvalue weighted by atomic mass is 10.1. The van der Waals surface area contributed by atoms with Gasteiger partial charge in [-0.05, 0) is 12.5 Å². The van der Waals surface area contributed by atoms with Crippen LogP contribution in [0.5, 0.6) is 0 Å². The van der Waals surface area contributed by atoms with Crippen LogP contribution in [-0.2, 0) is 6.54 Å². The number of hydrazone groups is 1. The molecule has 1 aliphatic heterocycles. The monoisotopic (exact) mass is 241 g/mol. The highest BCUT2D eigenvalue weighted by Gasteiger charge is 2.15. The molecule has 6 nitrogen and oxygen atoms in total. The van der Waals surface area contributed by atoms with Gasteiger partial charge in [0.25, 0.3) is 5.56 Å². The summed E-state index contributed by atoms with van der Waals surface area (Å²) in [7, 11) is 0. The maximum absolute atomic E-state index is 11.4. The second-order valence-corrected chi connectivity index (χ2v) is 4.02. The van der Waals surface area contributed by atoms with Crippen LogP contribution in [0.2, 0.25) is 0 Å². The van der Waals surface area contributed by atoms with Gasteiger partial charge in [0, 0.05) is 0 Å². The second kappa shape index (κ2) is 4.06. The van der Waals surface area contributed by atoms with Gasteiger partial charge in [-0.1, -0.05) is 30.3 Å². The summed E-state index contributed by atoms with van der Waals surface area (Å²) in [4.78, 5) is 15.2. The van der Waals surface area contributed by atoms with E-state index in [0.717, 1.165) is 11.3 Å². The second-order valence-electron chi connectivity index (χ2n) is 4.02. The summed E-state index contributed by atoms with van der Waals surface area (Å²) in [5.41, 5.74) is 4.70. The molecule has 6 heteroatoms. The van der Waals surface area contributed by atoms with Crippen molar-refractivity contribution in [2.24, 2.45) is 5.10 Å². The minimum atomic E-state index is -0.327. The summed E-state index contributed by atoms with van der Waals surface area (Å²) < 4.78 is 1.64. The average Bonchev–Trinajstić information content (AvgIpc) is 2.41. The van der Waals surface area contributed by atoms with Crippen molar-refractivity contribution in [3.63, 3.8) is 0 Å². The molecule has 2 aromatic rings. The molecule has 0 saturated heterocycles. The van der Waals surface area contributed by atoms with Gasteiger partial charge in [-0.25, -0.2) is 10.1 Å². The van der Waals surface area contributed by atoms with Gasteiger partial charge in [-0.15, -0.1) is 0 Å². The topological polar surface area (TPSA) is 72.2 Å². The Kier molecular flexibility index (Phi) is 2.40. The molecule has 0 radical (unpaired) electrons. The van der Waals surface area contributed by atoms with Gasteiger partial charge in [0.05, 0.1) is 12.3 Å². The SMILES string of the molecule is Cc1nn2c(nc1=O)NN=C(c1ccccc1)C2. The smallest absolute Gasteiger partial charge is 0.265 e. The number of aromatic nitrogens is 3. The number of aryl methyl sites for hydroxylation is 1. The number of benzene rings is 1. The molecule has 0 aliphatic carbocycles. The number of fused-ring (bicyclic) bond motifs is 1. The summed E-state index contributed by atoms with van der Waals surface area (Å²) in [5.74, 6) is 0.380. The van der Waals surface area contributed by atoms with E-state index >= 15 is 0 Å². The number of hydrogen-bond acceptors (Lipinski definition) is 5. The molecule has 3 rings (SSSR count). The molecule has 1 aromatic carbocycles. The third-order valence-electron chi connectivity index (χ3n) is 2.73. The molecule has 18 heavy (non-hydrogen) atoms. The van der Waals surface area contributed by atoms with Crippen molar-refractivity contribution in [1.29, 1.82) is 0 Å². The normalized spacial score (nSPS) is 13.5. The van der Waals surface area contributed by atoms with E-state index in [9.17, 15) is 4.79 Å². The molecular formula is C12H11N5O. The minimum absolute atomic E-state index is 0.327. The van der Waals surface area contributed by atoms with Gasteiger partial charge in [0.1, 0.15) is 5.69 Å². The van der Waals surface area contributed by atoms with Crippen molar-refractivity contribution >= 4 is 11.7 Å². The first-order valence-electron chi connectivity index (χ1n) is 5.58. The minimum Gasteiger partial charge on any atom is -0.265 e. The van der Waals surface area contributed by atoms with Crippen LogP contribution in [0, 0.1) is 6.92 Å². The summed E-state index contributed by atoms with van der Waals surface area (Å²) in [6.45, 7) is 2.15. The highest BCUT2D eigenvalue weighted by Crippen LogP contribution is 2.11. The molecule has 0 atom stereocenters. The number of hydrogen-bond donors (Lipinski definition) is 1. The Balaban J connectivity index is 2.00. The Hall–Kier alpha value is -2.50. The molecule has 0 bridgehead atoms. The van der Waals surface area contributed by atoms with E-state index in [2.05, 4.69) is 20.6 Å². The predicted octanol–water partition coefficient (Wildman–Crippen LogP) is 0.777. The van der Waals surface area contributed by atoms with E-state index in [0.29, 0.717) is 18.2 Å². The number of nitrogens with one attached hydrogen (secondary N) is 1. The molecule has 0 fully saturated rings. The Morgan fingerprint density at radius 2 is 2.06 bits per heavy atom. The molecule has 1 aliphatic rings. The fraction of sp³-hybridized carbons (Fsp3) is 0.167. The molecular weight excluding hydrogens is 230 g/mol. The summed E-state index contributed by atoms with van der Waals surface area (Å²) >= 11 is 0. The van der Waals surface area contributed by atoms with E-state index in [1.807, 2.05) is 30.3 Å². The van der Waals surface area contributed by atoms with Gasteiger partial charge >= 0.3 is 0 Å². The van der Waals surface area contributed by atoms with Crippen LogP contribution in [0.3, 0.4) is 0 Å². The number of anilines is 1. The van der Waals surface area contributed by atoms with Gasteiger partial charge in [0.15, 0.2) is 0 Å². The van der Waals surface area contributed by atoms with Crippen LogP contribution in [0.1, 0.15) is 11.3 Å². The first-order valence-corrected chi connectivity index (χ1v) is 5.58. The van der Waals surface area contributed by atoms with Gasteiger partial charge in [-0.3, -0.25) is 4.79 Å². The summed E-state index contributed by atoms with van der Waals surface area (Å²) in [6.07, 6.45) is 0. The lowest BCUT2D eigenvalue weighted by molar-refractivity contribution is 0.650. The van der Waals surface area contributed by atoms with E-state index in [-0.39, 0.29) is 5.56 Å². The fourth-order valence-electron chi connectivity index (χ4n) is 1.78. The molecule has 0 unspecified atom stereocenters. The first kappa shape index (κ1) is 10.6. The van der Waals surface area contributed by atoms with Crippen LogP contribution in [0.4, 0.5) is 5.95 Å². The van der Waals surface area contributed by atoms with Crippen molar-refractivity contribution in [2.45, 2.75) is 13.5 Å². The Morgan fingerprint density at radius 3 is 2.83 bits per heavy atom. The van der Waals surface area contributed by atoms with Gasteiger partial charge < -0.3 is 0 Å². The molecule has 90 valence electrons. The number of nitrogens with zero attached hydrogens (tertiary/aromatic N) is 4. The van der Waals surface area contributed by atoms with Gasteiger partial charge in [-0.2, -0.15) is 15.2 Å². The van der Waals surface area contributed by atoms with Crippen LogP contribution in [0.25, 0.3) is 0 Å². The fourth-order valence-corrected chi connectivity index (χ4v) is 1.78. The average molecular weight is 241 g/mol. The van der Waals surface area contributed by atoms with E-state index < -0.39 is 0 Å². The zero-order chi connectivity index (χ0) is 12.5. The van der Waals surface area contributed by atoms with Crippen molar-refractivity contribution < 1.29 is 0 Å². The zero-order valence-corrected chi connectivity index (χ0v) is 9.79. The molecule has 1 N–H and O–H groups in total. The summed E-state index contributed by atoms with van der Waals surface area (Å²) in [6, 6.07) is 9.82. The third-order valence-corrected chi connectivity index (χ3v) is 2.73. The highest BCUT2D eigenvalue weighted by molar-refractivity contribution is 6.01. The quantitative estimate of drug-likeness (QED) is 0.800.